The van der Waals surface area contributed by atoms with Crippen LogP contribution in [0, 0.1) is 6.92 Å². The molecule has 13 heavy (non-hydrogen) atoms. The Labute approximate surface area is 75.1 Å². The third-order valence-electron chi connectivity index (χ3n) is 1.71. The Kier molecular flexibility index (Phi) is 2.53. The molecule has 3 N–H and O–H groups in total. The van der Waals surface area contributed by atoms with Gasteiger partial charge in [0.2, 0.25) is 0 Å². The van der Waals surface area contributed by atoms with E-state index in [1.165, 1.54) is 12.1 Å². The monoisotopic (exact) mass is 182 g/mol. The zero-order chi connectivity index (χ0) is 10.0. The summed E-state index contributed by atoms with van der Waals surface area (Å²) < 4.78 is 0. The number of aryl methyl sites for hydroxylation is 1. The molecule has 0 bridgehead atoms. The number of aliphatic carboxylic acids is 1. The molecule has 0 aromatic heterocycles. The summed E-state index contributed by atoms with van der Waals surface area (Å²) in [6.07, 6.45) is -1.67. The second-order valence-corrected chi connectivity index (χ2v) is 2.80. The number of hydrogen-bond donors (Lipinski definition) is 3. The van der Waals surface area contributed by atoms with Gasteiger partial charge in [-0.05, 0) is 19.1 Å². The van der Waals surface area contributed by atoms with Crippen molar-refractivity contribution >= 4 is 5.97 Å². The number of carboxylic acids is 1. The van der Waals surface area contributed by atoms with E-state index in [1.807, 2.05) is 0 Å². The van der Waals surface area contributed by atoms with Crippen molar-refractivity contribution in [1.29, 1.82) is 0 Å². The first-order chi connectivity index (χ1) is 6.02. The van der Waals surface area contributed by atoms with Gasteiger partial charge in [-0.3, -0.25) is 0 Å². The molecule has 0 aliphatic carbocycles. The highest BCUT2D eigenvalue weighted by atomic mass is 16.4. The van der Waals surface area contributed by atoms with E-state index in [4.69, 9.17) is 10.2 Å². The van der Waals surface area contributed by atoms with Crippen molar-refractivity contribution in [3.8, 4) is 5.75 Å². The second-order valence-electron chi connectivity index (χ2n) is 2.80. The Bertz CT molecular complexity index is 332. The van der Waals surface area contributed by atoms with Gasteiger partial charge in [0, 0.05) is 5.56 Å². The van der Waals surface area contributed by atoms with Gasteiger partial charge in [0.15, 0.2) is 6.10 Å². The molecule has 1 aromatic rings. The fraction of sp³-hybridized carbons (Fsp3) is 0.222. The molecular weight excluding hydrogens is 172 g/mol. The smallest absolute Gasteiger partial charge is 0.337 e. The lowest BCUT2D eigenvalue weighted by Crippen LogP contribution is -2.10. The predicted molar refractivity (Wildman–Crippen MR) is 45.4 cm³/mol. The van der Waals surface area contributed by atoms with Crippen molar-refractivity contribution in [1.82, 2.24) is 0 Å². The molecule has 0 aliphatic heterocycles. The van der Waals surface area contributed by atoms with Crippen molar-refractivity contribution < 1.29 is 20.1 Å². The van der Waals surface area contributed by atoms with E-state index in [0.29, 0.717) is 0 Å². The van der Waals surface area contributed by atoms with Crippen LogP contribution >= 0.6 is 0 Å². The van der Waals surface area contributed by atoms with Crippen molar-refractivity contribution in [3.63, 3.8) is 0 Å². The summed E-state index contributed by atoms with van der Waals surface area (Å²) in [7, 11) is 0. The third-order valence-corrected chi connectivity index (χ3v) is 1.71. The average Bonchev–Trinajstić information content (AvgIpc) is 2.08. The van der Waals surface area contributed by atoms with E-state index >= 15 is 0 Å². The minimum absolute atomic E-state index is 0.0208. The van der Waals surface area contributed by atoms with Crippen molar-refractivity contribution in [3.05, 3.63) is 29.3 Å². The highest BCUT2D eigenvalue weighted by molar-refractivity contribution is 5.75. The van der Waals surface area contributed by atoms with Crippen molar-refractivity contribution in [2.45, 2.75) is 13.0 Å². The largest absolute Gasteiger partial charge is 0.508 e. The first-order valence-corrected chi connectivity index (χ1v) is 3.72. The van der Waals surface area contributed by atoms with Gasteiger partial charge in [0.05, 0.1) is 0 Å². The Morgan fingerprint density at radius 2 is 2.08 bits per heavy atom. The van der Waals surface area contributed by atoms with Crippen molar-refractivity contribution in [2.75, 3.05) is 0 Å². The fourth-order valence-corrected chi connectivity index (χ4v) is 1.03. The number of hydrogen-bond acceptors (Lipinski definition) is 3. The van der Waals surface area contributed by atoms with Crippen molar-refractivity contribution in [2.24, 2.45) is 0 Å². The molecule has 70 valence electrons. The van der Waals surface area contributed by atoms with Gasteiger partial charge < -0.3 is 15.3 Å². The predicted octanol–water partition coefficient (Wildman–Crippen LogP) is 0.819. The van der Waals surface area contributed by atoms with Gasteiger partial charge in [-0.1, -0.05) is 11.6 Å². The summed E-state index contributed by atoms with van der Waals surface area (Å²) >= 11 is 0. The Morgan fingerprint density at radius 3 is 2.62 bits per heavy atom. The molecular formula is C9H10O4. The molecule has 0 saturated heterocycles. The highest BCUT2D eigenvalue weighted by Crippen LogP contribution is 2.24. The minimum atomic E-state index is -1.67. The van der Waals surface area contributed by atoms with Gasteiger partial charge >= 0.3 is 5.97 Å². The molecule has 0 amide bonds. The quantitative estimate of drug-likeness (QED) is 0.632. The van der Waals surface area contributed by atoms with Gasteiger partial charge in [-0.2, -0.15) is 0 Å². The summed E-state index contributed by atoms with van der Waals surface area (Å²) in [4.78, 5) is 10.4. The molecule has 4 heteroatoms. The average molecular weight is 182 g/mol. The number of carbonyl (C=O) groups is 1. The maximum atomic E-state index is 10.4. The molecule has 0 saturated carbocycles. The van der Waals surface area contributed by atoms with Crippen LogP contribution in [0.5, 0.6) is 5.75 Å². The van der Waals surface area contributed by atoms with Crippen LogP contribution in [0.2, 0.25) is 0 Å². The summed E-state index contributed by atoms with van der Waals surface area (Å²) in [6.45, 7) is 1.75. The number of phenolic OH excluding ortho intramolecular Hbond substituents is 1. The molecule has 1 aromatic carbocycles. The molecule has 0 heterocycles. The van der Waals surface area contributed by atoms with Crippen LogP contribution in [0.3, 0.4) is 0 Å². The normalized spacial score (nSPS) is 12.5. The fourth-order valence-electron chi connectivity index (χ4n) is 1.03. The van der Waals surface area contributed by atoms with Gasteiger partial charge in [0.25, 0.3) is 0 Å². The van der Waals surface area contributed by atoms with E-state index in [-0.39, 0.29) is 11.3 Å². The number of aliphatic hydroxyl groups is 1. The summed E-state index contributed by atoms with van der Waals surface area (Å²) in [5, 5.41) is 26.9. The number of phenols is 1. The van der Waals surface area contributed by atoms with Gasteiger partial charge in [0.1, 0.15) is 5.75 Å². The SMILES string of the molecule is Cc1ccc(O)c(C(O)C(=O)O)c1. The topological polar surface area (TPSA) is 77.8 Å². The second kappa shape index (κ2) is 3.45. The maximum Gasteiger partial charge on any atom is 0.337 e. The summed E-state index contributed by atoms with van der Waals surface area (Å²) in [5.41, 5.74) is 0.806. The Morgan fingerprint density at radius 1 is 1.46 bits per heavy atom. The first-order valence-electron chi connectivity index (χ1n) is 3.72. The number of benzene rings is 1. The molecule has 1 unspecified atom stereocenters. The zero-order valence-electron chi connectivity index (χ0n) is 7.06. The first kappa shape index (κ1) is 9.54. The molecule has 0 aliphatic rings. The van der Waals surface area contributed by atoms with E-state index in [2.05, 4.69) is 0 Å². The standard InChI is InChI=1S/C9H10O4/c1-5-2-3-7(10)6(4-5)8(11)9(12)13/h2-4,8,10-11H,1H3,(H,12,13). The molecule has 1 atom stereocenters. The molecule has 4 nitrogen and oxygen atoms in total. The lowest BCUT2D eigenvalue weighted by Gasteiger charge is -2.08. The summed E-state index contributed by atoms with van der Waals surface area (Å²) in [6, 6.07) is 4.43. The van der Waals surface area contributed by atoms with Crippen LogP contribution < -0.4 is 0 Å². The molecule has 0 fully saturated rings. The Balaban J connectivity index is 3.12. The maximum absolute atomic E-state index is 10.4. The number of aliphatic hydroxyl groups excluding tert-OH is 1. The van der Waals surface area contributed by atoms with E-state index in [0.717, 1.165) is 5.56 Å². The summed E-state index contributed by atoms with van der Waals surface area (Å²) in [5.74, 6) is -1.58. The van der Waals surface area contributed by atoms with E-state index in [9.17, 15) is 9.90 Å². The van der Waals surface area contributed by atoms with Crippen LogP contribution in [0.1, 0.15) is 17.2 Å². The lowest BCUT2D eigenvalue weighted by molar-refractivity contribution is -0.147. The molecule has 0 radical (unpaired) electrons. The van der Waals surface area contributed by atoms with E-state index in [1.54, 1.807) is 13.0 Å². The van der Waals surface area contributed by atoms with Crippen LogP contribution in [0.15, 0.2) is 18.2 Å². The van der Waals surface area contributed by atoms with Crippen LogP contribution in [-0.4, -0.2) is 21.3 Å². The van der Waals surface area contributed by atoms with Crippen LogP contribution in [0.25, 0.3) is 0 Å². The zero-order valence-corrected chi connectivity index (χ0v) is 7.06. The number of rotatable bonds is 2. The number of carboxylic acid groups (broad SMARTS) is 1. The Hall–Kier alpha value is -1.55. The molecule has 0 spiro atoms. The van der Waals surface area contributed by atoms with Crippen LogP contribution in [0.4, 0.5) is 0 Å². The minimum Gasteiger partial charge on any atom is -0.508 e. The third kappa shape index (κ3) is 1.97. The number of aromatic hydroxyl groups is 1. The van der Waals surface area contributed by atoms with Gasteiger partial charge in [-0.15, -0.1) is 0 Å². The van der Waals surface area contributed by atoms with Gasteiger partial charge in [-0.25, -0.2) is 4.79 Å². The lowest BCUT2D eigenvalue weighted by atomic mass is 10.1. The van der Waals surface area contributed by atoms with E-state index < -0.39 is 12.1 Å². The molecule has 1 rings (SSSR count). The highest BCUT2D eigenvalue weighted by Gasteiger charge is 2.19. The van der Waals surface area contributed by atoms with Crippen LogP contribution in [-0.2, 0) is 4.79 Å².